The van der Waals surface area contributed by atoms with Crippen molar-refractivity contribution in [3.63, 3.8) is 0 Å². The molecule has 6 nitrogen and oxygen atoms in total. The summed E-state index contributed by atoms with van der Waals surface area (Å²) >= 11 is 0. The second-order valence-electron chi connectivity index (χ2n) is 6.61. The molecule has 1 amide bonds. The summed E-state index contributed by atoms with van der Waals surface area (Å²) < 4.78 is 1.78. The van der Waals surface area contributed by atoms with Gasteiger partial charge in [0.05, 0.1) is 5.52 Å². The summed E-state index contributed by atoms with van der Waals surface area (Å²) in [6, 6.07) is 8.04. The van der Waals surface area contributed by atoms with Crippen LogP contribution in [0.5, 0.6) is 0 Å². The van der Waals surface area contributed by atoms with E-state index in [4.69, 9.17) is 0 Å². The van der Waals surface area contributed by atoms with Crippen LogP contribution in [-0.2, 0) is 4.79 Å². The number of aromatic nitrogens is 4. The van der Waals surface area contributed by atoms with Crippen molar-refractivity contribution in [3.8, 4) is 11.1 Å². The van der Waals surface area contributed by atoms with E-state index >= 15 is 0 Å². The van der Waals surface area contributed by atoms with E-state index in [1.807, 2.05) is 36.8 Å². The number of fused-ring (bicyclic) bond motifs is 2. The molecule has 1 aliphatic rings. The number of H-pyrrole nitrogens is 1. The zero-order chi connectivity index (χ0) is 17.0. The van der Waals surface area contributed by atoms with Crippen LogP contribution in [0.25, 0.3) is 27.7 Å². The Morgan fingerprint density at radius 3 is 3.04 bits per heavy atom. The molecular formula is C19H17N5O. The first kappa shape index (κ1) is 14.2. The van der Waals surface area contributed by atoms with Crippen LogP contribution in [-0.4, -0.2) is 25.5 Å². The number of carbonyl (C=O) groups is 1. The van der Waals surface area contributed by atoms with Gasteiger partial charge in [-0.3, -0.25) is 4.79 Å². The summed E-state index contributed by atoms with van der Waals surface area (Å²) in [5.41, 5.74) is 5.21. The fourth-order valence-corrected chi connectivity index (χ4v) is 3.23. The number of hydrogen-bond donors (Lipinski definition) is 2. The molecule has 0 unspecified atom stereocenters. The molecule has 6 heteroatoms. The lowest BCUT2D eigenvalue weighted by Crippen LogP contribution is -2.13. The van der Waals surface area contributed by atoms with Crippen LogP contribution in [0.4, 0.5) is 5.82 Å². The molecular weight excluding hydrogens is 314 g/mol. The van der Waals surface area contributed by atoms with E-state index in [9.17, 15) is 4.79 Å². The predicted octanol–water partition coefficient (Wildman–Crippen LogP) is 3.53. The molecule has 0 spiro atoms. The first-order chi connectivity index (χ1) is 12.2. The number of anilines is 1. The second-order valence-corrected chi connectivity index (χ2v) is 6.61. The van der Waals surface area contributed by atoms with Gasteiger partial charge in [-0.15, -0.1) is 0 Å². The highest BCUT2D eigenvalue weighted by atomic mass is 16.2. The minimum atomic E-state index is 0.0709. The number of pyridine rings is 2. The SMILES string of the molecule is Cc1c(-c2ccn3nc(NC(=O)C4CC4)cc3c2)cnc2[nH]ccc12. The normalized spacial score (nSPS) is 14.3. The van der Waals surface area contributed by atoms with Gasteiger partial charge in [0.15, 0.2) is 5.82 Å². The molecule has 0 radical (unpaired) electrons. The highest BCUT2D eigenvalue weighted by molar-refractivity contribution is 5.94. The Morgan fingerprint density at radius 1 is 1.32 bits per heavy atom. The number of aryl methyl sites for hydroxylation is 1. The summed E-state index contributed by atoms with van der Waals surface area (Å²) in [4.78, 5) is 19.5. The molecule has 0 aromatic carbocycles. The third-order valence-corrected chi connectivity index (χ3v) is 4.83. The molecule has 5 rings (SSSR count). The summed E-state index contributed by atoms with van der Waals surface area (Å²) in [5, 5.41) is 8.45. The van der Waals surface area contributed by atoms with Crippen LogP contribution < -0.4 is 5.32 Å². The molecule has 0 saturated heterocycles. The minimum Gasteiger partial charge on any atom is -0.346 e. The van der Waals surface area contributed by atoms with Crippen molar-refractivity contribution in [1.29, 1.82) is 0 Å². The molecule has 124 valence electrons. The van der Waals surface area contributed by atoms with Crippen LogP contribution in [0.15, 0.2) is 42.9 Å². The zero-order valence-electron chi connectivity index (χ0n) is 13.8. The highest BCUT2D eigenvalue weighted by Gasteiger charge is 2.30. The van der Waals surface area contributed by atoms with Gasteiger partial charge < -0.3 is 10.3 Å². The Hall–Kier alpha value is -3.15. The maximum Gasteiger partial charge on any atom is 0.228 e. The van der Waals surface area contributed by atoms with Gasteiger partial charge in [-0.2, -0.15) is 5.10 Å². The fourth-order valence-electron chi connectivity index (χ4n) is 3.23. The van der Waals surface area contributed by atoms with Crippen LogP contribution in [0.1, 0.15) is 18.4 Å². The zero-order valence-corrected chi connectivity index (χ0v) is 13.8. The minimum absolute atomic E-state index is 0.0709. The van der Waals surface area contributed by atoms with Crippen LogP contribution in [0, 0.1) is 12.8 Å². The largest absolute Gasteiger partial charge is 0.346 e. The lowest BCUT2D eigenvalue weighted by atomic mass is 10.0. The number of amides is 1. The summed E-state index contributed by atoms with van der Waals surface area (Å²) in [7, 11) is 0. The number of nitrogens with one attached hydrogen (secondary N) is 2. The van der Waals surface area contributed by atoms with E-state index in [0.717, 1.165) is 40.5 Å². The molecule has 25 heavy (non-hydrogen) atoms. The van der Waals surface area contributed by atoms with E-state index in [0.29, 0.717) is 5.82 Å². The van der Waals surface area contributed by atoms with Gasteiger partial charge in [-0.05, 0) is 49.1 Å². The number of aromatic amines is 1. The molecule has 0 atom stereocenters. The van der Waals surface area contributed by atoms with Crippen molar-refractivity contribution in [2.24, 2.45) is 5.92 Å². The number of hydrogen-bond acceptors (Lipinski definition) is 3. The first-order valence-electron chi connectivity index (χ1n) is 8.42. The fraction of sp³-hybridized carbons (Fsp3) is 0.211. The van der Waals surface area contributed by atoms with Gasteiger partial charge in [0.1, 0.15) is 5.65 Å². The smallest absolute Gasteiger partial charge is 0.228 e. The van der Waals surface area contributed by atoms with Crippen molar-refractivity contribution < 1.29 is 4.79 Å². The molecule has 1 fully saturated rings. The average Bonchev–Trinajstić information content (AvgIpc) is 3.21. The third kappa shape index (κ3) is 2.38. The maximum absolute atomic E-state index is 11.9. The maximum atomic E-state index is 11.9. The molecule has 1 aliphatic carbocycles. The van der Waals surface area contributed by atoms with Crippen LogP contribution in [0.2, 0.25) is 0 Å². The highest BCUT2D eigenvalue weighted by Crippen LogP contribution is 2.31. The van der Waals surface area contributed by atoms with E-state index < -0.39 is 0 Å². The summed E-state index contributed by atoms with van der Waals surface area (Å²) in [5.74, 6) is 0.841. The number of nitrogens with zero attached hydrogens (tertiary/aromatic N) is 3. The van der Waals surface area contributed by atoms with Crippen molar-refractivity contribution >= 4 is 28.3 Å². The Morgan fingerprint density at radius 2 is 2.20 bits per heavy atom. The quantitative estimate of drug-likeness (QED) is 0.603. The van der Waals surface area contributed by atoms with E-state index in [1.165, 1.54) is 5.56 Å². The molecule has 4 aromatic rings. The summed E-state index contributed by atoms with van der Waals surface area (Å²) in [6.07, 6.45) is 7.68. The van der Waals surface area contributed by atoms with Gasteiger partial charge in [-0.25, -0.2) is 9.50 Å². The van der Waals surface area contributed by atoms with Gasteiger partial charge >= 0.3 is 0 Å². The number of rotatable bonds is 3. The number of carbonyl (C=O) groups excluding carboxylic acids is 1. The third-order valence-electron chi connectivity index (χ3n) is 4.83. The molecule has 1 saturated carbocycles. The Bertz CT molecular complexity index is 1120. The van der Waals surface area contributed by atoms with Crippen molar-refractivity contribution in [1.82, 2.24) is 19.6 Å². The van der Waals surface area contributed by atoms with E-state index in [1.54, 1.807) is 4.52 Å². The lowest BCUT2D eigenvalue weighted by molar-refractivity contribution is -0.117. The molecule has 0 aliphatic heterocycles. The second kappa shape index (κ2) is 5.17. The van der Waals surface area contributed by atoms with Gasteiger partial charge in [-0.1, -0.05) is 0 Å². The Balaban J connectivity index is 1.54. The standard InChI is InChI=1S/C19H17N5O/c1-11-15-4-6-20-18(15)21-10-16(11)13-5-7-24-14(8-13)9-17(23-24)22-19(25)12-2-3-12/h4-10,12H,2-3H2,1H3,(H,20,21)(H,22,23,25). The predicted molar refractivity (Wildman–Crippen MR) is 96.4 cm³/mol. The molecule has 0 bridgehead atoms. The van der Waals surface area contributed by atoms with E-state index in [2.05, 4.69) is 33.4 Å². The Labute approximate surface area is 143 Å². The molecule has 2 N–H and O–H groups in total. The lowest BCUT2D eigenvalue weighted by Gasteiger charge is -2.07. The van der Waals surface area contributed by atoms with Crippen molar-refractivity contribution in [2.45, 2.75) is 19.8 Å². The van der Waals surface area contributed by atoms with Crippen molar-refractivity contribution in [3.05, 3.63) is 48.4 Å². The molecule has 4 aromatic heterocycles. The van der Waals surface area contributed by atoms with Crippen LogP contribution in [0.3, 0.4) is 0 Å². The van der Waals surface area contributed by atoms with Gasteiger partial charge in [0, 0.05) is 41.5 Å². The Kier molecular flexibility index (Phi) is 2.94. The molecule has 4 heterocycles. The van der Waals surface area contributed by atoms with E-state index in [-0.39, 0.29) is 11.8 Å². The first-order valence-corrected chi connectivity index (χ1v) is 8.42. The van der Waals surface area contributed by atoms with Gasteiger partial charge in [0.2, 0.25) is 5.91 Å². The van der Waals surface area contributed by atoms with Crippen LogP contribution >= 0.6 is 0 Å². The summed E-state index contributed by atoms with van der Waals surface area (Å²) in [6.45, 7) is 2.11. The monoisotopic (exact) mass is 331 g/mol. The topological polar surface area (TPSA) is 75.1 Å². The van der Waals surface area contributed by atoms with Gasteiger partial charge in [0.25, 0.3) is 0 Å². The average molecular weight is 331 g/mol. The van der Waals surface area contributed by atoms with Crippen molar-refractivity contribution in [2.75, 3.05) is 5.32 Å².